The van der Waals surface area contributed by atoms with Crippen LogP contribution in [0.1, 0.15) is 18.2 Å². The molecule has 0 aliphatic rings. The number of rotatable bonds is 5. The van der Waals surface area contributed by atoms with E-state index in [2.05, 4.69) is 25.7 Å². The van der Waals surface area contributed by atoms with Crippen LogP contribution in [0.3, 0.4) is 0 Å². The number of hydrogen-bond donors (Lipinski definition) is 1. The molecule has 0 bridgehead atoms. The predicted octanol–water partition coefficient (Wildman–Crippen LogP) is 2.93. The van der Waals surface area contributed by atoms with Gasteiger partial charge in [-0.2, -0.15) is 5.26 Å². The van der Waals surface area contributed by atoms with E-state index in [1.165, 1.54) is 14.2 Å². The summed E-state index contributed by atoms with van der Waals surface area (Å²) in [6.07, 6.45) is -0.840. The van der Waals surface area contributed by atoms with Crippen molar-refractivity contribution in [1.82, 2.24) is 4.98 Å². The van der Waals surface area contributed by atoms with E-state index in [1.807, 2.05) is 6.07 Å². The van der Waals surface area contributed by atoms with Crippen LogP contribution < -0.4 is 15.0 Å². The second-order valence-electron chi connectivity index (χ2n) is 5.45. The average Bonchev–Trinajstić information content (AvgIpc) is 2.61. The molecule has 7 nitrogen and oxygen atoms in total. The highest BCUT2D eigenvalue weighted by molar-refractivity contribution is 9.10. The van der Waals surface area contributed by atoms with Crippen molar-refractivity contribution in [2.45, 2.75) is 20.0 Å². The number of carbonyl (C=O) groups excluding carboxylic acids is 1. The molecule has 136 valence electrons. The van der Waals surface area contributed by atoms with E-state index in [9.17, 15) is 14.9 Å². The summed E-state index contributed by atoms with van der Waals surface area (Å²) in [5.41, 5.74) is 1.23. The van der Waals surface area contributed by atoms with Gasteiger partial charge in [0.1, 0.15) is 11.6 Å². The number of H-pyrrole nitrogens is 1. The van der Waals surface area contributed by atoms with Crippen molar-refractivity contribution in [3.8, 4) is 28.7 Å². The molecule has 1 aromatic heterocycles. The maximum atomic E-state index is 12.0. The van der Waals surface area contributed by atoms with Gasteiger partial charge in [-0.3, -0.25) is 4.79 Å². The van der Waals surface area contributed by atoms with Crippen LogP contribution in [0.25, 0.3) is 11.1 Å². The number of hydrogen-bond acceptors (Lipinski definition) is 6. The van der Waals surface area contributed by atoms with Gasteiger partial charge in [0.05, 0.1) is 18.7 Å². The fourth-order valence-corrected chi connectivity index (χ4v) is 2.94. The van der Waals surface area contributed by atoms with Crippen LogP contribution in [-0.4, -0.2) is 31.3 Å². The first-order valence-electron chi connectivity index (χ1n) is 7.58. The molecule has 8 heteroatoms. The lowest BCUT2D eigenvalue weighted by Crippen LogP contribution is -2.25. The van der Waals surface area contributed by atoms with Crippen LogP contribution in [-0.2, 0) is 9.53 Å². The van der Waals surface area contributed by atoms with Crippen molar-refractivity contribution in [3.63, 3.8) is 0 Å². The Kier molecular flexibility index (Phi) is 6.05. The summed E-state index contributed by atoms with van der Waals surface area (Å²) in [6.45, 7) is 3.29. The van der Waals surface area contributed by atoms with Crippen molar-refractivity contribution in [2.24, 2.45) is 0 Å². The Balaban J connectivity index is 2.59. The van der Waals surface area contributed by atoms with Crippen LogP contribution in [0.5, 0.6) is 11.5 Å². The first-order valence-corrected chi connectivity index (χ1v) is 8.38. The van der Waals surface area contributed by atoms with Crippen LogP contribution in [0.15, 0.2) is 27.5 Å². The molecular formula is C18H17BrN2O5. The molecule has 0 aliphatic carbocycles. The van der Waals surface area contributed by atoms with Crippen molar-refractivity contribution in [2.75, 3.05) is 14.2 Å². The largest absolute Gasteiger partial charge is 0.493 e. The first kappa shape index (κ1) is 19.5. The average molecular weight is 421 g/mol. The summed E-state index contributed by atoms with van der Waals surface area (Å²) in [5, 5.41) is 9.32. The number of esters is 1. The van der Waals surface area contributed by atoms with Crippen LogP contribution in [0.4, 0.5) is 0 Å². The van der Waals surface area contributed by atoms with Gasteiger partial charge in [-0.05, 0) is 53.5 Å². The van der Waals surface area contributed by atoms with Gasteiger partial charge >= 0.3 is 5.97 Å². The highest BCUT2D eigenvalue weighted by Gasteiger charge is 2.21. The number of nitrogens with zero attached hydrogens (tertiary/aromatic N) is 1. The van der Waals surface area contributed by atoms with Gasteiger partial charge in [0.2, 0.25) is 0 Å². The zero-order valence-electron chi connectivity index (χ0n) is 14.7. The third kappa shape index (κ3) is 3.89. The van der Waals surface area contributed by atoms with Gasteiger partial charge in [-0.1, -0.05) is 0 Å². The molecule has 1 unspecified atom stereocenters. The number of aromatic amines is 1. The third-order valence-corrected chi connectivity index (χ3v) is 4.24. The van der Waals surface area contributed by atoms with E-state index in [1.54, 1.807) is 32.0 Å². The summed E-state index contributed by atoms with van der Waals surface area (Å²) in [7, 11) is 2.73. The summed E-state index contributed by atoms with van der Waals surface area (Å²) >= 11 is 3.39. The molecule has 2 aromatic rings. The van der Waals surface area contributed by atoms with Crippen molar-refractivity contribution in [3.05, 3.63) is 44.3 Å². The minimum absolute atomic E-state index is 0.00107. The molecule has 0 fully saturated rings. The molecule has 26 heavy (non-hydrogen) atoms. The molecule has 1 aromatic carbocycles. The fourth-order valence-electron chi connectivity index (χ4n) is 2.41. The van der Waals surface area contributed by atoms with E-state index in [0.717, 1.165) is 0 Å². The normalized spacial score (nSPS) is 11.4. The molecule has 1 atom stereocenters. The SMILES string of the molecule is COC(=O)C(C)Oc1c(Br)cc(-c2cc(C)[nH]c(=O)c2C#N)cc1OC. The fraction of sp³-hybridized carbons (Fsp3) is 0.278. The molecule has 1 heterocycles. The van der Waals surface area contributed by atoms with E-state index in [0.29, 0.717) is 32.8 Å². The molecule has 0 aliphatic heterocycles. The highest BCUT2D eigenvalue weighted by atomic mass is 79.9. The molecule has 0 saturated heterocycles. The quantitative estimate of drug-likeness (QED) is 0.745. The van der Waals surface area contributed by atoms with Crippen molar-refractivity contribution in [1.29, 1.82) is 5.26 Å². The lowest BCUT2D eigenvalue weighted by Gasteiger charge is -2.18. The maximum Gasteiger partial charge on any atom is 0.346 e. The minimum Gasteiger partial charge on any atom is -0.493 e. The summed E-state index contributed by atoms with van der Waals surface area (Å²) in [4.78, 5) is 26.2. The van der Waals surface area contributed by atoms with Gasteiger partial charge in [0.25, 0.3) is 5.56 Å². The van der Waals surface area contributed by atoms with Crippen LogP contribution in [0.2, 0.25) is 0 Å². The molecule has 0 saturated carbocycles. The Labute approximate surface area is 158 Å². The Morgan fingerprint density at radius 2 is 2.00 bits per heavy atom. The zero-order valence-corrected chi connectivity index (χ0v) is 16.3. The van der Waals surface area contributed by atoms with E-state index >= 15 is 0 Å². The van der Waals surface area contributed by atoms with Gasteiger partial charge < -0.3 is 19.2 Å². The molecule has 2 rings (SSSR count). The maximum absolute atomic E-state index is 12.0. The van der Waals surface area contributed by atoms with Crippen molar-refractivity contribution < 1.29 is 19.0 Å². The smallest absolute Gasteiger partial charge is 0.346 e. The number of benzene rings is 1. The standard InChI is InChI=1S/C18H17BrN2O5/c1-9-5-12(13(8-20)17(22)21-9)11-6-14(19)16(15(7-11)24-3)26-10(2)18(23)25-4/h5-7,10H,1-4H3,(H,21,22). The Morgan fingerprint density at radius 1 is 1.31 bits per heavy atom. The second-order valence-corrected chi connectivity index (χ2v) is 6.31. The van der Waals surface area contributed by atoms with Gasteiger partial charge in [-0.25, -0.2) is 4.79 Å². The van der Waals surface area contributed by atoms with E-state index < -0.39 is 17.6 Å². The molecule has 0 radical (unpaired) electrons. The van der Waals surface area contributed by atoms with Crippen LogP contribution in [0, 0.1) is 18.3 Å². The van der Waals surface area contributed by atoms with Crippen molar-refractivity contribution >= 4 is 21.9 Å². The van der Waals surface area contributed by atoms with E-state index in [-0.39, 0.29) is 5.56 Å². The Bertz CT molecular complexity index is 946. The number of carbonyl (C=O) groups is 1. The first-order chi connectivity index (χ1) is 12.3. The minimum atomic E-state index is -0.840. The van der Waals surface area contributed by atoms with Gasteiger partial charge in [0, 0.05) is 11.3 Å². The van der Waals surface area contributed by atoms with Gasteiger partial charge in [-0.15, -0.1) is 0 Å². The predicted molar refractivity (Wildman–Crippen MR) is 98.3 cm³/mol. The number of methoxy groups -OCH3 is 2. The zero-order chi connectivity index (χ0) is 19.4. The molecule has 0 amide bonds. The number of pyridine rings is 1. The topological polar surface area (TPSA) is 101 Å². The number of nitrogens with one attached hydrogen (secondary N) is 1. The third-order valence-electron chi connectivity index (χ3n) is 3.65. The molecule has 1 N–H and O–H groups in total. The summed E-state index contributed by atoms with van der Waals surface area (Å²) in [5.74, 6) is 0.126. The monoisotopic (exact) mass is 420 g/mol. The number of nitriles is 1. The molecule has 0 spiro atoms. The highest BCUT2D eigenvalue weighted by Crippen LogP contribution is 2.40. The summed E-state index contributed by atoms with van der Waals surface area (Å²) < 4.78 is 16.2. The number of ether oxygens (including phenoxy) is 3. The Morgan fingerprint density at radius 3 is 2.58 bits per heavy atom. The number of aromatic nitrogens is 1. The Hall–Kier alpha value is -2.79. The lowest BCUT2D eigenvalue weighted by molar-refractivity contribution is -0.147. The number of halogens is 1. The molecular weight excluding hydrogens is 404 g/mol. The van der Waals surface area contributed by atoms with Gasteiger partial charge in [0.15, 0.2) is 17.6 Å². The van der Waals surface area contributed by atoms with E-state index in [4.69, 9.17) is 9.47 Å². The van der Waals surface area contributed by atoms with Crippen LogP contribution >= 0.6 is 15.9 Å². The lowest BCUT2D eigenvalue weighted by atomic mass is 10.0. The second kappa shape index (κ2) is 8.06. The summed E-state index contributed by atoms with van der Waals surface area (Å²) in [6, 6.07) is 6.96. The number of aryl methyl sites for hydroxylation is 1.